The van der Waals surface area contributed by atoms with E-state index in [0.29, 0.717) is 6.54 Å². The largest absolute Gasteiger partial charge is 0.305 e. The van der Waals surface area contributed by atoms with Gasteiger partial charge in [-0.3, -0.25) is 4.68 Å². The maximum Gasteiger partial charge on any atom is 0.0863 e. The molecule has 0 aromatic carbocycles. The van der Waals surface area contributed by atoms with Crippen molar-refractivity contribution < 1.29 is 0 Å². The van der Waals surface area contributed by atoms with Crippen LogP contribution in [0, 0.1) is 0 Å². The van der Waals surface area contributed by atoms with E-state index in [9.17, 15) is 0 Å². The van der Waals surface area contributed by atoms with Gasteiger partial charge in [-0.05, 0) is 34.1 Å². The molecule has 0 saturated heterocycles. The van der Waals surface area contributed by atoms with Crippen LogP contribution >= 0.6 is 23.2 Å². The first kappa shape index (κ1) is 15.8. The van der Waals surface area contributed by atoms with Crippen LogP contribution in [0.4, 0.5) is 0 Å². The normalized spacial score (nSPS) is 13.9. The Bertz CT molecular complexity index is 397. The van der Waals surface area contributed by atoms with Gasteiger partial charge in [-0.15, -0.1) is 11.6 Å². The van der Waals surface area contributed by atoms with Gasteiger partial charge in [-0.25, -0.2) is 0 Å². The van der Waals surface area contributed by atoms with E-state index in [-0.39, 0.29) is 10.9 Å². The van der Waals surface area contributed by atoms with Crippen LogP contribution < -0.4 is 5.32 Å². The fourth-order valence-corrected chi connectivity index (χ4v) is 2.05. The summed E-state index contributed by atoms with van der Waals surface area (Å²) in [4.78, 5) is 0. The maximum absolute atomic E-state index is 6.36. The molecule has 18 heavy (non-hydrogen) atoms. The molecule has 5 heteroatoms. The molecule has 1 unspecified atom stereocenters. The van der Waals surface area contributed by atoms with Crippen LogP contribution in [-0.2, 0) is 19.5 Å². The summed E-state index contributed by atoms with van der Waals surface area (Å²) in [5, 5.41) is 8.78. The molecule has 0 aliphatic heterocycles. The van der Waals surface area contributed by atoms with E-state index < -0.39 is 0 Å². The molecule has 0 saturated carbocycles. The summed E-state index contributed by atoms with van der Waals surface area (Å²) in [5.74, 6) is 0. The van der Waals surface area contributed by atoms with Crippen molar-refractivity contribution in [2.24, 2.45) is 0 Å². The van der Waals surface area contributed by atoms with Crippen molar-refractivity contribution in [3.05, 3.63) is 16.4 Å². The van der Waals surface area contributed by atoms with Gasteiger partial charge in [0.1, 0.15) is 0 Å². The standard InChI is InChI=1S/C13H23Cl2N3/c1-6-10-12(15)11(18(7-2)17-10)8-16-13(4,5)9(3)14/h9,16H,6-8H2,1-5H3. The van der Waals surface area contributed by atoms with Gasteiger partial charge in [0.2, 0.25) is 0 Å². The lowest BCUT2D eigenvalue weighted by Crippen LogP contribution is -2.45. The minimum Gasteiger partial charge on any atom is -0.305 e. The highest BCUT2D eigenvalue weighted by Crippen LogP contribution is 2.23. The second kappa shape index (κ2) is 6.27. The summed E-state index contributed by atoms with van der Waals surface area (Å²) < 4.78 is 1.96. The highest BCUT2D eigenvalue weighted by atomic mass is 35.5. The van der Waals surface area contributed by atoms with Crippen LogP contribution in [0.3, 0.4) is 0 Å². The molecule has 0 spiro atoms. The molecule has 0 aliphatic carbocycles. The van der Waals surface area contributed by atoms with Crippen LogP contribution in [0.2, 0.25) is 5.02 Å². The molecular formula is C13H23Cl2N3. The number of rotatable bonds is 6. The monoisotopic (exact) mass is 291 g/mol. The quantitative estimate of drug-likeness (QED) is 0.812. The third-order valence-corrected chi connectivity index (χ3v) is 4.38. The number of nitrogens with one attached hydrogen (secondary N) is 1. The number of halogens is 2. The minimum absolute atomic E-state index is 0.0416. The SMILES string of the molecule is CCc1nn(CC)c(CNC(C)(C)C(C)Cl)c1Cl. The first-order valence-corrected chi connectivity index (χ1v) is 7.28. The number of nitrogens with zero attached hydrogens (tertiary/aromatic N) is 2. The summed E-state index contributed by atoms with van der Waals surface area (Å²) in [7, 11) is 0. The van der Waals surface area contributed by atoms with Gasteiger partial charge in [0.25, 0.3) is 0 Å². The van der Waals surface area contributed by atoms with Crippen molar-refractivity contribution >= 4 is 23.2 Å². The Balaban J connectivity index is 2.87. The molecule has 0 amide bonds. The lowest BCUT2D eigenvalue weighted by Gasteiger charge is -2.29. The van der Waals surface area contributed by atoms with Crippen molar-refractivity contribution in [3.8, 4) is 0 Å². The van der Waals surface area contributed by atoms with Gasteiger partial charge < -0.3 is 5.32 Å². The van der Waals surface area contributed by atoms with Crippen LogP contribution in [0.25, 0.3) is 0 Å². The molecule has 1 heterocycles. The average Bonchev–Trinajstić information content (AvgIpc) is 2.62. The molecule has 3 nitrogen and oxygen atoms in total. The zero-order valence-electron chi connectivity index (χ0n) is 11.8. The predicted octanol–water partition coefficient (Wildman–Crippen LogP) is 3.61. The molecule has 1 aromatic rings. The Kier molecular flexibility index (Phi) is 5.50. The fraction of sp³-hybridized carbons (Fsp3) is 0.769. The first-order valence-electron chi connectivity index (χ1n) is 6.46. The minimum atomic E-state index is -0.139. The number of aryl methyl sites for hydroxylation is 2. The number of aromatic nitrogens is 2. The molecule has 1 rings (SSSR count). The molecule has 0 fully saturated rings. The van der Waals surface area contributed by atoms with Gasteiger partial charge in [0.05, 0.1) is 16.4 Å². The molecule has 0 aliphatic rings. The summed E-state index contributed by atoms with van der Waals surface area (Å²) >= 11 is 12.5. The molecule has 0 radical (unpaired) electrons. The van der Waals surface area contributed by atoms with E-state index in [4.69, 9.17) is 23.2 Å². The van der Waals surface area contributed by atoms with Gasteiger partial charge in [-0.1, -0.05) is 18.5 Å². The lowest BCUT2D eigenvalue weighted by atomic mass is 10.0. The predicted molar refractivity (Wildman–Crippen MR) is 78.5 cm³/mol. The molecule has 0 bridgehead atoms. The van der Waals surface area contributed by atoms with Crippen LogP contribution in [0.1, 0.15) is 46.0 Å². The molecule has 104 valence electrons. The Labute approximate surface area is 120 Å². The third kappa shape index (κ3) is 3.40. The Morgan fingerprint density at radius 1 is 1.39 bits per heavy atom. The van der Waals surface area contributed by atoms with Gasteiger partial charge in [-0.2, -0.15) is 5.10 Å². The van der Waals surface area contributed by atoms with E-state index in [1.807, 2.05) is 11.6 Å². The highest BCUT2D eigenvalue weighted by molar-refractivity contribution is 6.31. The van der Waals surface area contributed by atoms with E-state index in [1.54, 1.807) is 0 Å². The second-order valence-electron chi connectivity index (χ2n) is 5.07. The van der Waals surface area contributed by atoms with Crippen LogP contribution in [0.15, 0.2) is 0 Å². The van der Waals surface area contributed by atoms with Gasteiger partial charge in [0, 0.05) is 24.0 Å². The Morgan fingerprint density at radius 3 is 2.44 bits per heavy atom. The van der Waals surface area contributed by atoms with E-state index in [2.05, 4.69) is 38.1 Å². The molecule has 1 aromatic heterocycles. The van der Waals surface area contributed by atoms with Gasteiger partial charge in [0.15, 0.2) is 0 Å². The van der Waals surface area contributed by atoms with Crippen LogP contribution in [-0.4, -0.2) is 20.7 Å². The summed E-state index contributed by atoms with van der Waals surface area (Å²) in [6.07, 6.45) is 0.855. The molecule has 1 atom stereocenters. The van der Waals surface area contributed by atoms with Crippen molar-refractivity contribution in [2.45, 2.75) is 65.0 Å². The number of hydrogen-bond acceptors (Lipinski definition) is 2. The summed E-state index contributed by atoms with van der Waals surface area (Å²) in [6, 6.07) is 0. The highest BCUT2D eigenvalue weighted by Gasteiger charge is 2.24. The van der Waals surface area contributed by atoms with Crippen molar-refractivity contribution in [2.75, 3.05) is 0 Å². The summed E-state index contributed by atoms with van der Waals surface area (Å²) in [6.45, 7) is 11.8. The van der Waals surface area contributed by atoms with Crippen molar-refractivity contribution in [3.63, 3.8) is 0 Å². The third-order valence-electron chi connectivity index (χ3n) is 3.40. The average molecular weight is 292 g/mol. The number of alkyl halides is 1. The Morgan fingerprint density at radius 2 is 2.00 bits per heavy atom. The van der Waals surface area contributed by atoms with E-state index in [0.717, 1.165) is 29.4 Å². The molecule has 1 N–H and O–H groups in total. The van der Waals surface area contributed by atoms with Crippen molar-refractivity contribution in [1.82, 2.24) is 15.1 Å². The first-order chi connectivity index (χ1) is 8.33. The fourth-order valence-electron chi connectivity index (χ4n) is 1.64. The summed E-state index contributed by atoms with van der Waals surface area (Å²) in [5.41, 5.74) is 1.87. The second-order valence-corrected chi connectivity index (χ2v) is 6.10. The lowest BCUT2D eigenvalue weighted by molar-refractivity contribution is 0.372. The molecular weight excluding hydrogens is 269 g/mol. The van der Waals surface area contributed by atoms with E-state index >= 15 is 0 Å². The van der Waals surface area contributed by atoms with Crippen LogP contribution in [0.5, 0.6) is 0 Å². The van der Waals surface area contributed by atoms with Crippen molar-refractivity contribution in [1.29, 1.82) is 0 Å². The zero-order valence-corrected chi connectivity index (χ0v) is 13.4. The topological polar surface area (TPSA) is 29.9 Å². The zero-order chi connectivity index (χ0) is 13.9. The van der Waals surface area contributed by atoms with Gasteiger partial charge >= 0.3 is 0 Å². The smallest absolute Gasteiger partial charge is 0.0863 e. The van der Waals surface area contributed by atoms with E-state index in [1.165, 1.54) is 0 Å². The number of hydrogen-bond donors (Lipinski definition) is 1. The Hall–Kier alpha value is -0.250. The maximum atomic E-state index is 6.36.